The van der Waals surface area contributed by atoms with Gasteiger partial charge in [-0.15, -0.1) is 11.8 Å². The number of hydrogen-bond acceptors (Lipinski definition) is 10. The first-order valence-corrected chi connectivity index (χ1v) is 19.2. The van der Waals surface area contributed by atoms with Gasteiger partial charge in [0.1, 0.15) is 0 Å². The monoisotopic (exact) mass is 751 g/mol. The zero-order valence-corrected chi connectivity index (χ0v) is 33.6. The minimum absolute atomic E-state index is 0.356. The number of methoxy groups -OCH3 is 6. The smallest absolute Gasteiger partial charge is 0.203 e. The van der Waals surface area contributed by atoms with Crippen LogP contribution in [0, 0.1) is 0 Å². The molecule has 4 aromatic rings. The molecule has 0 amide bonds. The Morgan fingerprint density at radius 3 is 1.89 bits per heavy atom. The fourth-order valence-electron chi connectivity index (χ4n) is 6.96. The number of thioether (sulfide) groups is 1. The van der Waals surface area contributed by atoms with Crippen LogP contribution in [0.3, 0.4) is 0 Å². The second-order valence-corrected chi connectivity index (χ2v) is 13.9. The largest absolute Gasteiger partial charge is 0.493 e. The molecule has 10 heteroatoms. The Kier molecular flexibility index (Phi) is 14.4. The van der Waals surface area contributed by atoms with Gasteiger partial charge in [-0.25, -0.2) is 0 Å². The summed E-state index contributed by atoms with van der Waals surface area (Å²) in [5, 5.41) is 0. The van der Waals surface area contributed by atoms with Gasteiger partial charge < -0.3 is 33.3 Å². The fourth-order valence-corrected chi connectivity index (χ4v) is 7.37. The van der Waals surface area contributed by atoms with E-state index in [-0.39, 0.29) is 0 Å². The zero-order chi connectivity index (χ0) is 38.6. The highest BCUT2D eigenvalue weighted by Gasteiger charge is 2.26. The van der Waals surface area contributed by atoms with E-state index in [2.05, 4.69) is 76.2 Å². The molecule has 0 bridgehead atoms. The number of ether oxygens (including phenoxy) is 6. The standard InChI is InChI=1S/C44H53N3O6S/c1-10-11-31(20-30(2)33-22-39(48-3)43(52-7)40(23-33)49-4)28-46-18-16-37(17-19-46)47(36-12-14-38(54-9)15-13-36)29-32-21-35(27-45-26-32)34-24-41(50-5)44(53-8)42(25-34)51-6/h10-15,20-27,37H,2,16-19,28-29H2,1,3-9H3/b11-10-,31-20+. The van der Waals surface area contributed by atoms with Crippen LogP contribution < -0.4 is 33.3 Å². The number of piperidine rings is 1. The fraction of sp³-hybridized carbons (Fsp3) is 0.341. The maximum atomic E-state index is 5.64. The Bertz CT molecular complexity index is 1890. The molecule has 0 aliphatic carbocycles. The third-order valence-electron chi connectivity index (χ3n) is 9.73. The van der Waals surface area contributed by atoms with E-state index in [4.69, 9.17) is 28.4 Å². The second-order valence-electron chi connectivity index (χ2n) is 13.0. The molecular weight excluding hydrogens is 699 g/mol. The maximum absolute atomic E-state index is 5.64. The lowest BCUT2D eigenvalue weighted by atomic mass is 9.99. The van der Waals surface area contributed by atoms with Crippen molar-refractivity contribution in [3.05, 3.63) is 108 Å². The van der Waals surface area contributed by atoms with E-state index in [0.29, 0.717) is 40.5 Å². The Hall–Kier alpha value is -5.06. The highest BCUT2D eigenvalue weighted by Crippen LogP contribution is 2.42. The van der Waals surface area contributed by atoms with Gasteiger partial charge in [0.15, 0.2) is 23.0 Å². The van der Waals surface area contributed by atoms with E-state index in [9.17, 15) is 0 Å². The Balaban J connectivity index is 1.35. The molecule has 0 radical (unpaired) electrons. The van der Waals surface area contributed by atoms with Crippen molar-refractivity contribution in [1.29, 1.82) is 0 Å². The molecule has 0 atom stereocenters. The van der Waals surface area contributed by atoms with Crippen LogP contribution in [0.15, 0.2) is 102 Å². The van der Waals surface area contributed by atoms with Crippen LogP contribution in [0.2, 0.25) is 0 Å². The first-order chi connectivity index (χ1) is 26.3. The Morgan fingerprint density at radius 1 is 0.796 bits per heavy atom. The van der Waals surface area contributed by atoms with Gasteiger partial charge in [0, 0.05) is 60.8 Å². The number of aromatic nitrogens is 1. The van der Waals surface area contributed by atoms with E-state index in [0.717, 1.165) is 66.8 Å². The molecule has 286 valence electrons. The molecule has 9 nitrogen and oxygen atoms in total. The van der Waals surface area contributed by atoms with E-state index in [1.807, 2.05) is 43.6 Å². The summed E-state index contributed by atoms with van der Waals surface area (Å²) in [5.41, 5.74) is 7.24. The van der Waals surface area contributed by atoms with Gasteiger partial charge >= 0.3 is 0 Å². The van der Waals surface area contributed by atoms with Crippen LogP contribution in [-0.4, -0.2) is 84.5 Å². The van der Waals surface area contributed by atoms with Crippen molar-refractivity contribution in [1.82, 2.24) is 9.88 Å². The number of nitrogens with zero attached hydrogens (tertiary/aromatic N) is 3. The van der Waals surface area contributed by atoms with Gasteiger partial charge in [0.05, 0.1) is 42.7 Å². The summed E-state index contributed by atoms with van der Waals surface area (Å²) in [7, 11) is 9.74. The number of allylic oxidation sites excluding steroid dienone is 3. The van der Waals surface area contributed by atoms with Gasteiger partial charge in [-0.2, -0.15) is 0 Å². The van der Waals surface area contributed by atoms with Gasteiger partial charge in [-0.05, 0) is 108 Å². The SMILES string of the molecule is C=C(/C=C(\C=C/C)CN1CCC(N(Cc2cncc(-c3cc(OC)c(OC)c(OC)c3)c2)c2ccc(SC)cc2)CC1)c1cc(OC)c(OC)c(OC)c1. The quantitative estimate of drug-likeness (QED) is 0.0770. The predicted molar refractivity (Wildman–Crippen MR) is 221 cm³/mol. The topological polar surface area (TPSA) is 74.8 Å². The van der Waals surface area contributed by atoms with Crippen molar-refractivity contribution >= 4 is 23.0 Å². The van der Waals surface area contributed by atoms with Crippen molar-refractivity contribution in [2.24, 2.45) is 0 Å². The van der Waals surface area contributed by atoms with Gasteiger partial charge in [-0.1, -0.05) is 24.8 Å². The van der Waals surface area contributed by atoms with Gasteiger partial charge in [0.25, 0.3) is 0 Å². The third-order valence-corrected chi connectivity index (χ3v) is 10.5. The van der Waals surface area contributed by atoms with Crippen molar-refractivity contribution in [2.75, 3.05) is 73.4 Å². The van der Waals surface area contributed by atoms with Crippen LogP contribution in [-0.2, 0) is 6.54 Å². The Morgan fingerprint density at radius 2 is 1.37 bits per heavy atom. The van der Waals surface area contributed by atoms with Crippen molar-refractivity contribution in [3.63, 3.8) is 0 Å². The van der Waals surface area contributed by atoms with Crippen LogP contribution in [0.1, 0.15) is 30.9 Å². The average molecular weight is 752 g/mol. The van der Waals surface area contributed by atoms with Crippen LogP contribution in [0.4, 0.5) is 5.69 Å². The lowest BCUT2D eigenvalue weighted by Gasteiger charge is -2.40. The summed E-state index contributed by atoms with van der Waals surface area (Å²) in [6.45, 7) is 9.95. The molecule has 1 aromatic heterocycles. The van der Waals surface area contributed by atoms with Crippen LogP contribution in [0.25, 0.3) is 16.7 Å². The van der Waals surface area contributed by atoms with Crippen molar-refractivity contribution < 1.29 is 28.4 Å². The van der Waals surface area contributed by atoms with Crippen molar-refractivity contribution in [3.8, 4) is 45.6 Å². The normalized spacial score (nSPS) is 13.8. The van der Waals surface area contributed by atoms with Crippen LogP contribution in [0.5, 0.6) is 34.5 Å². The molecule has 1 saturated heterocycles. The molecule has 1 aliphatic heterocycles. The number of benzene rings is 3. The van der Waals surface area contributed by atoms with Gasteiger partial charge in [-0.3, -0.25) is 9.88 Å². The van der Waals surface area contributed by atoms with Crippen molar-refractivity contribution in [2.45, 2.75) is 37.2 Å². The third kappa shape index (κ3) is 9.53. The average Bonchev–Trinajstić information content (AvgIpc) is 3.22. The zero-order valence-electron chi connectivity index (χ0n) is 32.8. The first-order valence-electron chi connectivity index (χ1n) is 18.0. The highest BCUT2D eigenvalue weighted by atomic mass is 32.2. The minimum atomic E-state index is 0.356. The summed E-state index contributed by atoms with van der Waals surface area (Å²) in [6.07, 6.45) is 14.4. The molecule has 0 saturated carbocycles. The molecule has 2 heterocycles. The van der Waals surface area contributed by atoms with E-state index < -0.39 is 0 Å². The number of likely N-dealkylation sites (tertiary alicyclic amines) is 1. The maximum Gasteiger partial charge on any atom is 0.203 e. The van der Waals surface area contributed by atoms with E-state index in [1.54, 1.807) is 54.4 Å². The lowest BCUT2D eigenvalue weighted by Crippen LogP contribution is -2.45. The molecule has 1 fully saturated rings. The number of hydrogen-bond donors (Lipinski definition) is 0. The molecule has 54 heavy (non-hydrogen) atoms. The second kappa shape index (κ2) is 19.3. The lowest BCUT2D eigenvalue weighted by molar-refractivity contribution is 0.224. The predicted octanol–water partition coefficient (Wildman–Crippen LogP) is 9.21. The summed E-state index contributed by atoms with van der Waals surface area (Å²) in [6, 6.07) is 19.3. The molecule has 0 spiro atoms. The number of rotatable bonds is 17. The highest BCUT2D eigenvalue weighted by molar-refractivity contribution is 7.98. The van der Waals surface area contributed by atoms with Gasteiger partial charge in [0.2, 0.25) is 11.5 Å². The summed E-state index contributed by atoms with van der Waals surface area (Å²) < 4.78 is 33.5. The van der Waals surface area contributed by atoms with E-state index in [1.165, 1.54) is 16.2 Å². The first kappa shape index (κ1) is 40.1. The Labute approximate surface area is 325 Å². The summed E-state index contributed by atoms with van der Waals surface area (Å²) in [5.74, 6) is 3.56. The molecule has 0 N–H and O–H groups in total. The molecule has 5 rings (SSSR count). The van der Waals surface area contributed by atoms with E-state index >= 15 is 0 Å². The summed E-state index contributed by atoms with van der Waals surface area (Å²) in [4.78, 5) is 11.0. The minimum Gasteiger partial charge on any atom is -0.493 e. The molecule has 0 unspecified atom stereocenters. The number of pyridine rings is 1. The molecular formula is C44H53N3O6S. The molecule has 3 aromatic carbocycles. The number of anilines is 1. The molecule has 1 aliphatic rings. The van der Waals surface area contributed by atoms with Crippen LogP contribution >= 0.6 is 11.8 Å². The summed E-state index contributed by atoms with van der Waals surface area (Å²) >= 11 is 1.75.